The Labute approximate surface area is 147 Å². The number of rotatable bonds is 9. The van der Waals surface area contributed by atoms with Crippen molar-refractivity contribution in [1.29, 1.82) is 0 Å². The van der Waals surface area contributed by atoms with Gasteiger partial charge < -0.3 is 15.2 Å². The van der Waals surface area contributed by atoms with E-state index >= 15 is 0 Å². The fourth-order valence-corrected chi connectivity index (χ4v) is 2.41. The fourth-order valence-electron chi connectivity index (χ4n) is 2.41. The lowest BCUT2D eigenvalue weighted by Crippen LogP contribution is -2.35. The summed E-state index contributed by atoms with van der Waals surface area (Å²) in [6.07, 6.45) is 0.694. The van der Waals surface area contributed by atoms with E-state index in [-0.39, 0.29) is 30.8 Å². The first-order valence-corrected chi connectivity index (χ1v) is 8.23. The maximum atomic E-state index is 11.9. The first kappa shape index (κ1) is 18.7. The molecule has 0 spiro atoms. The molecule has 0 bridgehead atoms. The zero-order valence-corrected chi connectivity index (χ0v) is 14.3. The van der Waals surface area contributed by atoms with Crippen LogP contribution in [0.5, 0.6) is 5.75 Å². The molecule has 2 aromatic carbocycles. The molecule has 25 heavy (non-hydrogen) atoms. The SMILES string of the molecule is CC(=O)c1cccc(OCC(=O)NCC(CO)Cc2ccccc2)c1. The monoisotopic (exact) mass is 341 g/mol. The predicted molar refractivity (Wildman–Crippen MR) is 95.7 cm³/mol. The van der Waals surface area contributed by atoms with Gasteiger partial charge in [-0.15, -0.1) is 0 Å². The standard InChI is InChI=1S/C20H23NO4/c1-15(23)18-8-5-9-19(11-18)25-14-20(24)21-12-17(13-22)10-16-6-3-2-4-7-16/h2-9,11,17,22H,10,12-14H2,1H3,(H,21,24). The summed E-state index contributed by atoms with van der Waals surface area (Å²) in [5.74, 6) is 0.111. The zero-order chi connectivity index (χ0) is 18.1. The van der Waals surface area contributed by atoms with Crippen molar-refractivity contribution >= 4 is 11.7 Å². The van der Waals surface area contributed by atoms with Crippen molar-refractivity contribution in [3.8, 4) is 5.75 Å². The number of aliphatic hydroxyl groups is 1. The van der Waals surface area contributed by atoms with Gasteiger partial charge in [-0.2, -0.15) is 0 Å². The quantitative estimate of drug-likeness (QED) is 0.686. The molecule has 5 heteroatoms. The van der Waals surface area contributed by atoms with Crippen molar-refractivity contribution < 1.29 is 19.4 Å². The molecule has 2 aromatic rings. The Hall–Kier alpha value is -2.66. The highest BCUT2D eigenvalue weighted by atomic mass is 16.5. The van der Waals surface area contributed by atoms with Crippen LogP contribution in [0, 0.1) is 5.92 Å². The summed E-state index contributed by atoms with van der Waals surface area (Å²) in [5.41, 5.74) is 1.66. The second-order valence-electron chi connectivity index (χ2n) is 5.92. The van der Waals surface area contributed by atoms with Gasteiger partial charge >= 0.3 is 0 Å². The van der Waals surface area contributed by atoms with Crippen molar-refractivity contribution in [2.75, 3.05) is 19.8 Å². The van der Waals surface area contributed by atoms with E-state index in [1.165, 1.54) is 6.92 Å². The molecular formula is C20H23NO4. The number of carbonyl (C=O) groups is 2. The lowest BCUT2D eigenvalue weighted by molar-refractivity contribution is -0.123. The van der Waals surface area contributed by atoms with Crippen LogP contribution >= 0.6 is 0 Å². The second-order valence-corrected chi connectivity index (χ2v) is 5.92. The van der Waals surface area contributed by atoms with E-state index in [0.717, 1.165) is 5.56 Å². The van der Waals surface area contributed by atoms with E-state index in [1.807, 2.05) is 30.3 Å². The Morgan fingerprint density at radius 3 is 2.56 bits per heavy atom. The van der Waals surface area contributed by atoms with Gasteiger partial charge in [0.2, 0.25) is 0 Å². The zero-order valence-electron chi connectivity index (χ0n) is 14.3. The molecule has 1 atom stereocenters. The average Bonchev–Trinajstić information content (AvgIpc) is 2.64. The smallest absolute Gasteiger partial charge is 0.257 e. The van der Waals surface area contributed by atoms with E-state index in [0.29, 0.717) is 24.3 Å². The molecule has 0 saturated carbocycles. The number of ketones is 1. The highest BCUT2D eigenvalue weighted by Gasteiger charge is 2.11. The van der Waals surface area contributed by atoms with Crippen LogP contribution in [0.4, 0.5) is 0 Å². The molecule has 0 aromatic heterocycles. The maximum Gasteiger partial charge on any atom is 0.257 e. The summed E-state index contributed by atoms with van der Waals surface area (Å²) in [4.78, 5) is 23.3. The van der Waals surface area contributed by atoms with Crippen molar-refractivity contribution in [1.82, 2.24) is 5.32 Å². The Bertz CT molecular complexity index is 700. The Morgan fingerprint density at radius 1 is 1.12 bits per heavy atom. The van der Waals surface area contributed by atoms with Crippen LogP contribution in [0.15, 0.2) is 54.6 Å². The molecule has 0 fully saturated rings. The van der Waals surface area contributed by atoms with Gasteiger partial charge in [-0.05, 0) is 31.0 Å². The summed E-state index contributed by atoms with van der Waals surface area (Å²) >= 11 is 0. The Kier molecular flexibility index (Phi) is 7.16. The molecule has 2 N–H and O–H groups in total. The van der Waals surface area contributed by atoms with Gasteiger partial charge in [0.05, 0.1) is 0 Å². The number of Topliss-reactive ketones (excluding diaryl/α,β-unsaturated/α-hetero) is 1. The van der Waals surface area contributed by atoms with Gasteiger partial charge in [-0.25, -0.2) is 0 Å². The molecule has 1 amide bonds. The van der Waals surface area contributed by atoms with E-state index < -0.39 is 0 Å². The number of amides is 1. The molecule has 0 aliphatic heterocycles. The third-order valence-electron chi connectivity index (χ3n) is 3.82. The molecule has 0 aliphatic rings. The normalized spacial score (nSPS) is 11.6. The summed E-state index contributed by atoms with van der Waals surface area (Å²) in [5, 5.41) is 12.2. The van der Waals surface area contributed by atoms with E-state index in [2.05, 4.69) is 5.32 Å². The summed E-state index contributed by atoms with van der Waals surface area (Å²) in [6.45, 7) is 1.72. The molecule has 0 radical (unpaired) electrons. The van der Waals surface area contributed by atoms with Crippen molar-refractivity contribution in [2.45, 2.75) is 13.3 Å². The van der Waals surface area contributed by atoms with Gasteiger partial charge in [-0.3, -0.25) is 9.59 Å². The predicted octanol–water partition coefficient (Wildman–Crippen LogP) is 2.24. The van der Waals surface area contributed by atoms with Crippen molar-refractivity contribution in [2.24, 2.45) is 5.92 Å². The number of aliphatic hydroxyl groups excluding tert-OH is 1. The topological polar surface area (TPSA) is 75.6 Å². The number of nitrogens with one attached hydrogen (secondary N) is 1. The van der Waals surface area contributed by atoms with E-state index in [1.54, 1.807) is 24.3 Å². The van der Waals surface area contributed by atoms with Crippen LogP contribution in [-0.2, 0) is 11.2 Å². The highest BCUT2D eigenvalue weighted by molar-refractivity contribution is 5.94. The van der Waals surface area contributed by atoms with Gasteiger partial charge in [0.25, 0.3) is 5.91 Å². The average molecular weight is 341 g/mol. The molecular weight excluding hydrogens is 318 g/mol. The number of carbonyl (C=O) groups excluding carboxylic acids is 2. The largest absolute Gasteiger partial charge is 0.484 e. The molecule has 5 nitrogen and oxygen atoms in total. The number of hydrogen-bond donors (Lipinski definition) is 2. The Balaban J connectivity index is 1.77. The highest BCUT2D eigenvalue weighted by Crippen LogP contribution is 2.13. The summed E-state index contributed by atoms with van der Waals surface area (Å²) in [6, 6.07) is 16.6. The molecule has 2 rings (SSSR count). The molecule has 1 unspecified atom stereocenters. The lowest BCUT2D eigenvalue weighted by Gasteiger charge is -2.15. The first-order chi connectivity index (χ1) is 12.1. The van der Waals surface area contributed by atoms with Crippen molar-refractivity contribution in [3.05, 3.63) is 65.7 Å². The molecule has 132 valence electrons. The van der Waals surface area contributed by atoms with Crippen LogP contribution in [0.25, 0.3) is 0 Å². The van der Waals surface area contributed by atoms with E-state index in [4.69, 9.17) is 4.74 Å². The fraction of sp³-hybridized carbons (Fsp3) is 0.300. The van der Waals surface area contributed by atoms with Gasteiger partial charge in [0.1, 0.15) is 5.75 Å². The van der Waals surface area contributed by atoms with Crippen LogP contribution in [0.3, 0.4) is 0 Å². The van der Waals surface area contributed by atoms with Crippen LogP contribution in [0.1, 0.15) is 22.8 Å². The Morgan fingerprint density at radius 2 is 1.88 bits per heavy atom. The summed E-state index contributed by atoms with van der Waals surface area (Å²) < 4.78 is 5.42. The number of benzene rings is 2. The number of ether oxygens (including phenoxy) is 1. The van der Waals surface area contributed by atoms with Gasteiger partial charge in [0.15, 0.2) is 12.4 Å². The molecule has 0 aliphatic carbocycles. The van der Waals surface area contributed by atoms with Gasteiger partial charge in [-0.1, -0.05) is 42.5 Å². The summed E-state index contributed by atoms with van der Waals surface area (Å²) in [7, 11) is 0. The molecule has 0 heterocycles. The second kappa shape index (κ2) is 9.59. The van der Waals surface area contributed by atoms with Crippen LogP contribution < -0.4 is 10.1 Å². The number of hydrogen-bond acceptors (Lipinski definition) is 4. The third-order valence-corrected chi connectivity index (χ3v) is 3.82. The minimum atomic E-state index is -0.264. The third kappa shape index (κ3) is 6.39. The van der Waals surface area contributed by atoms with Crippen LogP contribution in [0.2, 0.25) is 0 Å². The van der Waals surface area contributed by atoms with Crippen LogP contribution in [-0.4, -0.2) is 36.6 Å². The lowest BCUT2D eigenvalue weighted by atomic mass is 10.0. The van der Waals surface area contributed by atoms with E-state index in [9.17, 15) is 14.7 Å². The molecule has 0 saturated heterocycles. The maximum absolute atomic E-state index is 11.9. The first-order valence-electron chi connectivity index (χ1n) is 8.23. The minimum absolute atomic E-state index is 0.00329. The van der Waals surface area contributed by atoms with Gasteiger partial charge in [0, 0.05) is 24.6 Å². The minimum Gasteiger partial charge on any atom is -0.484 e. The van der Waals surface area contributed by atoms with Crippen molar-refractivity contribution in [3.63, 3.8) is 0 Å².